The monoisotopic (exact) mass is 385 g/mol. The molecule has 29 heavy (non-hydrogen) atoms. The number of nitrogens with zero attached hydrogens (tertiary/aromatic N) is 1. The quantitative estimate of drug-likeness (QED) is 0.391. The Morgan fingerprint density at radius 1 is 0.931 bits per heavy atom. The Bertz CT molecular complexity index is 1020. The third-order valence-corrected chi connectivity index (χ3v) is 4.95. The first-order chi connectivity index (χ1) is 14.3. The molecule has 1 aromatic heterocycles. The molecule has 0 saturated carbocycles. The van der Waals surface area contributed by atoms with Crippen LogP contribution in [0.3, 0.4) is 0 Å². The largest absolute Gasteiger partial charge is 0.489 e. The van der Waals surface area contributed by atoms with Gasteiger partial charge in [0.05, 0.1) is 11.0 Å². The number of hydrogen-bond donors (Lipinski definition) is 2. The van der Waals surface area contributed by atoms with Crippen LogP contribution in [0, 0.1) is 6.92 Å². The first-order valence-electron chi connectivity index (χ1n) is 10.2. The van der Waals surface area contributed by atoms with E-state index in [4.69, 9.17) is 4.74 Å². The summed E-state index contributed by atoms with van der Waals surface area (Å²) in [5.74, 6) is 1.96. The topological polar surface area (TPSA) is 49.9 Å². The summed E-state index contributed by atoms with van der Waals surface area (Å²) in [6, 6.07) is 24.9. The number of aromatic nitrogens is 2. The van der Waals surface area contributed by atoms with Crippen LogP contribution in [0.15, 0.2) is 72.8 Å². The van der Waals surface area contributed by atoms with Crippen LogP contribution in [0.5, 0.6) is 5.75 Å². The number of H-pyrrole nitrogens is 1. The lowest BCUT2D eigenvalue weighted by Crippen LogP contribution is -2.15. The second-order valence-corrected chi connectivity index (χ2v) is 7.40. The molecule has 0 bridgehead atoms. The normalized spacial score (nSPS) is 11.1. The Kier molecular flexibility index (Phi) is 6.22. The molecule has 4 nitrogen and oxygen atoms in total. The second kappa shape index (κ2) is 9.39. The van der Waals surface area contributed by atoms with Crippen LogP contribution < -0.4 is 10.1 Å². The number of imidazole rings is 1. The van der Waals surface area contributed by atoms with Crippen molar-refractivity contribution in [2.24, 2.45) is 0 Å². The van der Waals surface area contributed by atoms with Gasteiger partial charge in [-0.2, -0.15) is 0 Å². The number of ether oxygens (including phenoxy) is 1. The average Bonchev–Trinajstić information content (AvgIpc) is 3.16. The van der Waals surface area contributed by atoms with E-state index in [1.54, 1.807) is 0 Å². The average molecular weight is 386 g/mol. The summed E-state index contributed by atoms with van der Waals surface area (Å²) >= 11 is 0. The number of aromatic amines is 1. The van der Waals surface area contributed by atoms with E-state index in [1.165, 1.54) is 16.7 Å². The van der Waals surface area contributed by atoms with Crippen molar-refractivity contribution in [3.05, 3.63) is 95.3 Å². The van der Waals surface area contributed by atoms with Crippen molar-refractivity contribution in [2.45, 2.75) is 32.9 Å². The molecule has 0 unspecified atom stereocenters. The van der Waals surface area contributed by atoms with E-state index in [0.29, 0.717) is 6.61 Å². The molecular weight excluding hydrogens is 358 g/mol. The van der Waals surface area contributed by atoms with Gasteiger partial charge in [-0.15, -0.1) is 0 Å². The molecule has 4 aromatic rings. The molecule has 4 rings (SSSR count). The van der Waals surface area contributed by atoms with Crippen LogP contribution in [0.2, 0.25) is 0 Å². The van der Waals surface area contributed by atoms with Crippen LogP contribution in [0.4, 0.5) is 0 Å². The minimum absolute atomic E-state index is 0.598. The minimum atomic E-state index is 0.598. The van der Waals surface area contributed by atoms with Gasteiger partial charge in [-0.1, -0.05) is 54.1 Å². The van der Waals surface area contributed by atoms with E-state index in [9.17, 15) is 0 Å². The predicted molar refractivity (Wildman–Crippen MR) is 118 cm³/mol. The molecule has 1 heterocycles. The van der Waals surface area contributed by atoms with Gasteiger partial charge in [0.25, 0.3) is 0 Å². The smallest absolute Gasteiger partial charge is 0.119 e. The van der Waals surface area contributed by atoms with Crippen LogP contribution in [0.1, 0.15) is 28.9 Å². The highest BCUT2D eigenvalue weighted by atomic mass is 16.5. The third kappa shape index (κ3) is 5.46. The van der Waals surface area contributed by atoms with Gasteiger partial charge in [-0.25, -0.2) is 4.98 Å². The molecular formula is C25H27N3O. The number of fused-ring (bicyclic) bond motifs is 1. The second-order valence-electron chi connectivity index (χ2n) is 7.40. The Hall–Kier alpha value is -3.11. The van der Waals surface area contributed by atoms with Gasteiger partial charge in [-0.05, 0) is 55.3 Å². The minimum Gasteiger partial charge on any atom is -0.489 e. The number of para-hydroxylation sites is 2. The van der Waals surface area contributed by atoms with E-state index in [-0.39, 0.29) is 0 Å². The summed E-state index contributed by atoms with van der Waals surface area (Å²) in [6.07, 6.45) is 2.00. The van der Waals surface area contributed by atoms with Gasteiger partial charge in [0.15, 0.2) is 0 Å². The molecule has 0 spiro atoms. The molecule has 2 N–H and O–H groups in total. The molecule has 0 amide bonds. The summed E-state index contributed by atoms with van der Waals surface area (Å²) < 4.78 is 5.89. The molecule has 0 fully saturated rings. The number of aryl methyl sites for hydroxylation is 2. The zero-order valence-electron chi connectivity index (χ0n) is 16.8. The maximum Gasteiger partial charge on any atom is 0.119 e. The van der Waals surface area contributed by atoms with E-state index in [0.717, 1.165) is 48.5 Å². The molecule has 0 aliphatic heterocycles. The standard InChI is InChI=1S/C25H27N3O/c1-19-6-4-7-21(16-19)18-29-22-13-11-20(12-14-22)17-26-15-5-10-25-27-23-8-2-3-9-24(23)28-25/h2-4,6-9,11-14,16,26H,5,10,15,17-18H2,1H3,(H,27,28). The highest BCUT2D eigenvalue weighted by molar-refractivity contribution is 5.74. The number of benzene rings is 3. The molecule has 0 atom stereocenters. The van der Waals surface area contributed by atoms with Crippen LogP contribution >= 0.6 is 0 Å². The molecule has 0 radical (unpaired) electrons. The molecule has 0 aliphatic carbocycles. The molecule has 0 aliphatic rings. The van der Waals surface area contributed by atoms with Crippen molar-refractivity contribution < 1.29 is 4.74 Å². The van der Waals surface area contributed by atoms with Crippen molar-refractivity contribution in [3.8, 4) is 5.75 Å². The van der Waals surface area contributed by atoms with E-state index >= 15 is 0 Å². The SMILES string of the molecule is Cc1cccc(COc2ccc(CNCCCc3nc4ccccc4[nH]3)cc2)c1. The van der Waals surface area contributed by atoms with Crippen molar-refractivity contribution in [1.29, 1.82) is 0 Å². The Morgan fingerprint density at radius 3 is 2.62 bits per heavy atom. The van der Waals surface area contributed by atoms with Crippen molar-refractivity contribution >= 4 is 11.0 Å². The van der Waals surface area contributed by atoms with E-state index in [1.807, 2.05) is 30.3 Å². The fourth-order valence-corrected chi connectivity index (χ4v) is 3.41. The lowest BCUT2D eigenvalue weighted by atomic mass is 10.1. The van der Waals surface area contributed by atoms with E-state index < -0.39 is 0 Å². The summed E-state index contributed by atoms with van der Waals surface area (Å²) in [6.45, 7) is 4.52. The van der Waals surface area contributed by atoms with Crippen LogP contribution in [0.25, 0.3) is 11.0 Å². The van der Waals surface area contributed by atoms with Crippen molar-refractivity contribution in [1.82, 2.24) is 15.3 Å². The number of rotatable bonds is 9. The Morgan fingerprint density at radius 2 is 1.79 bits per heavy atom. The van der Waals surface area contributed by atoms with Gasteiger partial charge in [0.1, 0.15) is 18.2 Å². The van der Waals surface area contributed by atoms with Gasteiger partial charge < -0.3 is 15.0 Å². The van der Waals surface area contributed by atoms with Crippen molar-refractivity contribution in [3.63, 3.8) is 0 Å². The van der Waals surface area contributed by atoms with Crippen LogP contribution in [-0.4, -0.2) is 16.5 Å². The lowest BCUT2D eigenvalue weighted by molar-refractivity contribution is 0.306. The molecule has 148 valence electrons. The van der Waals surface area contributed by atoms with Gasteiger partial charge in [-0.3, -0.25) is 0 Å². The number of nitrogens with one attached hydrogen (secondary N) is 2. The zero-order valence-corrected chi connectivity index (χ0v) is 16.8. The fraction of sp³-hybridized carbons (Fsp3) is 0.240. The zero-order chi connectivity index (χ0) is 19.9. The maximum absolute atomic E-state index is 5.89. The van der Waals surface area contributed by atoms with E-state index in [2.05, 4.69) is 64.7 Å². The summed E-state index contributed by atoms with van der Waals surface area (Å²) in [5, 5.41) is 3.51. The van der Waals surface area contributed by atoms with Gasteiger partial charge in [0.2, 0.25) is 0 Å². The first-order valence-corrected chi connectivity index (χ1v) is 10.2. The lowest BCUT2D eigenvalue weighted by Gasteiger charge is -2.09. The summed E-state index contributed by atoms with van der Waals surface area (Å²) in [7, 11) is 0. The highest BCUT2D eigenvalue weighted by Gasteiger charge is 2.02. The predicted octanol–water partition coefficient (Wildman–Crippen LogP) is 5.17. The number of hydrogen-bond acceptors (Lipinski definition) is 3. The molecule has 3 aromatic carbocycles. The Balaban J connectivity index is 1.17. The first kappa shape index (κ1) is 19.2. The molecule has 4 heteroatoms. The Labute approximate surface area is 172 Å². The van der Waals surface area contributed by atoms with Crippen molar-refractivity contribution in [2.75, 3.05) is 6.54 Å². The fourth-order valence-electron chi connectivity index (χ4n) is 3.41. The van der Waals surface area contributed by atoms with Gasteiger partial charge >= 0.3 is 0 Å². The molecule has 0 saturated heterocycles. The summed E-state index contributed by atoms with van der Waals surface area (Å²) in [5.41, 5.74) is 5.87. The van der Waals surface area contributed by atoms with Crippen LogP contribution in [-0.2, 0) is 19.6 Å². The highest BCUT2D eigenvalue weighted by Crippen LogP contribution is 2.15. The third-order valence-electron chi connectivity index (χ3n) is 4.95. The summed E-state index contributed by atoms with van der Waals surface area (Å²) in [4.78, 5) is 8.01. The maximum atomic E-state index is 5.89. The van der Waals surface area contributed by atoms with Gasteiger partial charge in [0, 0.05) is 13.0 Å².